The first-order chi connectivity index (χ1) is 14.7. The van der Waals surface area contributed by atoms with Crippen LogP contribution < -0.4 is 5.32 Å². The van der Waals surface area contributed by atoms with Crippen LogP contribution in [0.4, 0.5) is 5.13 Å². The van der Waals surface area contributed by atoms with Crippen LogP contribution in [0.5, 0.6) is 0 Å². The van der Waals surface area contributed by atoms with Gasteiger partial charge in [0.05, 0.1) is 5.69 Å². The van der Waals surface area contributed by atoms with Crippen LogP contribution in [-0.4, -0.2) is 15.5 Å². The van der Waals surface area contributed by atoms with Crippen molar-refractivity contribution in [2.24, 2.45) is 0 Å². The molecule has 2 heterocycles. The Hall–Kier alpha value is -3.95. The summed E-state index contributed by atoms with van der Waals surface area (Å²) in [7, 11) is 0. The van der Waals surface area contributed by atoms with Gasteiger partial charge in [0.15, 0.2) is 5.13 Å². The fraction of sp³-hybridized carbons (Fsp3) is 0.0417. The lowest BCUT2D eigenvalue weighted by Crippen LogP contribution is -2.13. The minimum absolute atomic E-state index is 0.0273. The topological polar surface area (TPSA) is 70.7 Å². The van der Waals surface area contributed by atoms with Crippen LogP contribution in [0, 0.1) is 11.3 Å². The zero-order valence-electron chi connectivity index (χ0n) is 16.0. The van der Waals surface area contributed by atoms with Crippen molar-refractivity contribution in [2.45, 2.75) is 6.54 Å². The van der Waals surface area contributed by atoms with Gasteiger partial charge in [0, 0.05) is 29.4 Å². The van der Waals surface area contributed by atoms with Crippen LogP contribution in [0.2, 0.25) is 0 Å². The quantitative estimate of drug-likeness (QED) is 0.351. The fourth-order valence-corrected chi connectivity index (χ4v) is 3.73. The van der Waals surface area contributed by atoms with Gasteiger partial charge in [0.25, 0.3) is 5.91 Å². The summed E-state index contributed by atoms with van der Waals surface area (Å²) < 4.78 is 2.00. The highest BCUT2D eigenvalue weighted by Crippen LogP contribution is 2.25. The molecule has 1 N–H and O–H groups in total. The van der Waals surface area contributed by atoms with E-state index in [1.54, 1.807) is 6.08 Å². The number of carbonyl (C=O) groups is 1. The summed E-state index contributed by atoms with van der Waals surface area (Å²) in [6.45, 7) is 0.660. The predicted molar refractivity (Wildman–Crippen MR) is 120 cm³/mol. The van der Waals surface area contributed by atoms with Gasteiger partial charge in [-0.05, 0) is 23.8 Å². The van der Waals surface area contributed by atoms with Crippen molar-refractivity contribution in [3.05, 3.63) is 101 Å². The Kier molecular flexibility index (Phi) is 5.83. The maximum absolute atomic E-state index is 12.6. The van der Waals surface area contributed by atoms with Crippen molar-refractivity contribution in [3.63, 3.8) is 0 Å². The number of thiazole rings is 1. The molecule has 0 saturated carbocycles. The molecule has 6 heteroatoms. The largest absolute Gasteiger partial charge is 0.344 e. The molecular formula is C24H18N4OS. The van der Waals surface area contributed by atoms with E-state index in [0.717, 1.165) is 22.5 Å². The van der Waals surface area contributed by atoms with Crippen LogP contribution in [0.15, 0.2) is 89.9 Å². The Morgan fingerprint density at radius 3 is 2.53 bits per heavy atom. The fourth-order valence-electron chi connectivity index (χ4n) is 3.02. The van der Waals surface area contributed by atoms with Crippen molar-refractivity contribution in [3.8, 4) is 17.3 Å². The first-order valence-corrected chi connectivity index (χ1v) is 10.2. The molecular weight excluding hydrogens is 392 g/mol. The standard InChI is InChI=1S/C24H18N4OS/c25-15-20(14-21-12-7-13-28(21)16-18-8-3-1-4-9-18)23(29)27-24-26-22(17-30-24)19-10-5-2-6-11-19/h1-14,17H,16H2,(H,26,27,29)/b20-14-. The summed E-state index contributed by atoms with van der Waals surface area (Å²) in [4.78, 5) is 17.1. The summed E-state index contributed by atoms with van der Waals surface area (Å²) in [5, 5.41) is 14.6. The van der Waals surface area contributed by atoms with Crippen LogP contribution in [-0.2, 0) is 11.3 Å². The number of nitrogens with zero attached hydrogens (tertiary/aromatic N) is 3. The number of nitriles is 1. The second-order valence-corrected chi connectivity index (χ2v) is 7.43. The average molecular weight is 411 g/mol. The molecule has 2 aromatic heterocycles. The zero-order chi connectivity index (χ0) is 20.8. The van der Waals surface area contributed by atoms with E-state index < -0.39 is 5.91 Å². The van der Waals surface area contributed by atoms with Gasteiger partial charge in [-0.1, -0.05) is 60.7 Å². The summed E-state index contributed by atoms with van der Waals surface area (Å²) in [5.74, 6) is -0.473. The second kappa shape index (κ2) is 9.03. The molecule has 0 fully saturated rings. The highest BCUT2D eigenvalue weighted by Gasteiger charge is 2.13. The molecule has 0 unspecified atom stereocenters. The van der Waals surface area contributed by atoms with Gasteiger partial charge in [-0.25, -0.2) is 4.98 Å². The van der Waals surface area contributed by atoms with E-state index in [4.69, 9.17) is 0 Å². The minimum Gasteiger partial charge on any atom is -0.344 e. The van der Waals surface area contributed by atoms with Crippen LogP contribution in [0.1, 0.15) is 11.3 Å². The number of carbonyl (C=O) groups excluding carboxylic acids is 1. The van der Waals surface area contributed by atoms with Crippen LogP contribution in [0.25, 0.3) is 17.3 Å². The molecule has 146 valence electrons. The highest BCUT2D eigenvalue weighted by atomic mass is 32.1. The van der Waals surface area contributed by atoms with Crippen molar-refractivity contribution >= 4 is 28.5 Å². The van der Waals surface area contributed by atoms with Gasteiger partial charge in [-0.15, -0.1) is 11.3 Å². The van der Waals surface area contributed by atoms with E-state index in [-0.39, 0.29) is 5.57 Å². The van der Waals surface area contributed by atoms with E-state index in [1.165, 1.54) is 11.3 Å². The normalized spacial score (nSPS) is 11.1. The van der Waals surface area contributed by atoms with E-state index in [0.29, 0.717) is 11.7 Å². The molecule has 4 aromatic rings. The van der Waals surface area contributed by atoms with Crippen molar-refractivity contribution in [2.75, 3.05) is 5.32 Å². The van der Waals surface area contributed by atoms with E-state index in [1.807, 2.05) is 95.0 Å². The number of amides is 1. The number of hydrogen-bond acceptors (Lipinski definition) is 4. The van der Waals surface area contributed by atoms with Gasteiger partial charge in [-0.3, -0.25) is 10.1 Å². The summed E-state index contributed by atoms with van der Waals surface area (Å²) in [6.07, 6.45) is 3.53. The second-order valence-electron chi connectivity index (χ2n) is 6.57. The van der Waals surface area contributed by atoms with Gasteiger partial charge < -0.3 is 4.57 Å². The monoisotopic (exact) mass is 410 g/mol. The predicted octanol–water partition coefficient (Wildman–Crippen LogP) is 5.21. The van der Waals surface area contributed by atoms with Gasteiger partial charge >= 0.3 is 0 Å². The smallest absolute Gasteiger partial charge is 0.268 e. The molecule has 0 aliphatic rings. The van der Waals surface area contributed by atoms with Gasteiger partial charge in [0.1, 0.15) is 11.6 Å². The molecule has 0 radical (unpaired) electrons. The number of benzene rings is 2. The van der Waals surface area contributed by atoms with Crippen molar-refractivity contribution < 1.29 is 4.79 Å². The SMILES string of the molecule is N#C/C(=C/c1cccn1Cc1ccccc1)C(=O)Nc1nc(-c2ccccc2)cs1. The Morgan fingerprint density at radius 1 is 1.07 bits per heavy atom. The molecule has 4 rings (SSSR count). The maximum atomic E-state index is 12.6. The third-order valence-electron chi connectivity index (χ3n) is 4.51. The first-order valence-electron chi connectivity index (χ1n) is 9.36. The molecule has 30 heavy (non-hydrogen) atoms. The third kappa shape index (κ3) is 4.54. The molecule has 1 amide bonds. The molecule has 0 aliphatic heterocycles. The van der Waals surface area contributed by atoms with E-state index in [9.17, 15) is 10.1 Å². The van der Waals surface area contributed by atoms with Crippen molar-refractivity contribution in [1.29, 1.82) is 5.26 Å². The number of hydrogen-bond donors (Lipinski definition) is 1. The summed E-state index contributed by atoms with van der Waals surface area (Å²) >= 11 is 1.33. The number of anilines is 1. The number of rotatable bonds is 6. The Bertz CT molecular complexity index is 1220. The lowest BCUT2D eigenvalue weighted by atomic mass is 10.2. The molecule has 2 aromatic carbocycles. The van der Waals surface area contributed by atoms with Crippen molar-refractivity contribution in [1.82, 2.24) is 9.55 Å². The molecule has 0 spiro atoms. The lowest BCUT2D eigenvalue weighted by molar-refractivity contribution is -0.112. The Morgan fingerprint density at radius 2 is 1.80 bits per heavy atom. The summed E-state index contributed by atoms with van der Waals surface area (Å²) in [5.41, 5.74) is 3.72. The average Bonchev–Trinajstić information content (AvgIpc) is 3.43. The zero-order valence-corrected chi connectivity index (χ0v) is 16.8. The Labute approximate surface area is 178 Å². The van der Waals surface area contributed by atoms with Gasteiger partial charge in [-0.2, -0.15) is 5.26 Å². The third-order valence-corrected chi connectivity index (χ3v) is 5.27. The van der Waals surface area contributed by atoms with Crippen LogP contribution in [0.3, 0.4) is 0 Å². The molecule has 0 atom stereocenters. The maximum Gasteiger partial charge on any atom is 0.268 e. The molecule has 0 saturated heterocycles. The number of aromatic nitrogens is 2. The molecule has 0 aliphatic carbocycles. The van der Waals surface area contributed by atoms with Crippen LogP contribution >= 0.6 is 11.3 Å². The Balaban J connectivity index is 1.50. The molecule has 0 bridgehead atoms. The summed E-state index contributed by atoms with van der Waals surface area (Å²) in [6, 6.07) is 25.5. The minimum atomic E-state index is -0.473. The molecule has 5 nitrogen and oxygen atoms in total. The first kappa shape index (κ1) is 19.4. The van der Waals surface area contributed by atoms with E-state index >= 15 is 0 Å². The highest BCUT2D eigenvalue weighted by molar-refractivity contribution is 7.14. The van der Waals surface area contributed by atoms with Gasteiger partial charge in [0.2, 0.25) is 0 Å². The number of nitrogens with one attached hydrogen (secondary N) is 1. The lowest BCUT2D eigenvalue weighted by Gasteiger charge is -2.07. The van der Waals surface area contributed by atoms with E-state index in [2.05, 4.69) is 10.3 Å².